The van der Waals surface area contributed by atoms with Gasteiger partial charge in [-0.05, 0) is 0 Å². The predicted octanol–water partition coefficient (Wildman–Crippen LogP) is 2.76. The van der Waals surface area contributed by atoms with Crippen LogP contribution in [0.5, 0.6) is 0 Å². The molecule has 0 heterocycles. The van der Waals surface area contributed by atoms with Crippen molar-refractivity contribution in [3.05, 3.63) is 0 Å². The third kappa shape index (κ3) is 3.10. The van der Waals surface area contributed by atoms with Crippen molar-refractivity contribution in [2.24, 2.45) is 0 Å². The standard InChI is InChI=1S/2C4H10N.C2H5.CH3.Sn/c2*1-3-5-4-2;1-2;;/h2*3-4H2,1-2H3;1H2,2H3;1H3;/q2*-1;;;+2. The molecular weight excluding hydrogens is 279 g/mol. The first-order valence-electron chi connectivity index (χ1n) is 6.10. The Hall–Kier alpha value is 0.719. The van der Waals surface area contributed by atoms with Crippen molar-refractivity contribution in [3.63, 3.8) is 0 Å². The van der Waals surface area contributed by atoms with Gasteiger partial charge in [0.05, 0.1) is 0 Å². The quantitative estimate of drug-likeness (QED) is 0.667. The molecule has 0 aliphatic carbocycles. The fourth-order valence-corrected chi connectivity index (χ4v) is 13.9. The summed E-state index contributed by atoms with van der Waals surface area (Å²) in [5, 5.41) is 0. The van der Waals surface area contributed by atoms with Crippen LogP contribution in [0.3, 0.4) is 0 Å². The zero-order valence-electron chi connectivity index (χ0n) is 10.9. The molecular formula is C11H28N2Sn. The Morgan fingerprint density at radius 3 is 1.14 bits per heavy atom. The van der Waals surface area contributed by atoms with Crippen molar-refractivity contribution in [1.82, 2.24) is 6.24 Å². The van der Waals surface area contributed by atoms with Crippen molar-refractivity contribution in [2.45, 2.75) is 44.0 Å². The van der Waals surface area contributed by atoms with E-state index in [9.17, 15) is 0 Å². The summed E-state index contributed by atoms with van der Waals surface area (Å²) in [6, 6.07) is 0. The van der Waals surface area contributed by atoms with E-state index in [1.165, 1.54) is 30.6 Å². The fourth-order valence-electron chi connectivity index (χ4n) is 2.46. The number of hydrogen-bond acceptors (Lipinski definition) is 2. The van der Waals surface area contributed by atoms with Gasteiger partial charge in [0.1, 0.15) is 0 Å². The van der Waals surface area contributed by atoms with E-state index in [4.69, 9.17) is 0 Å². The molecule has 0 N–H and O–H groups in total. The SMILES string of the molecule is CC[N](CC)[Sn]([CH3])([CH2]C)[N](CC)CC. The molecule has 14 heavy (non-hydrogen) atoms. The van der Waals surface area contributed by atoms with Crippen molar-refractivity contribution in [3.8, 4) is 0 Å². The Labute approximate surface area is 95.2 Å². The summed E-state index contributed by atoms with van der Waals surface area (Å²) in [6.07, 6.45) is 0. The van der Waals surface area contributed by atoms with Gasteiger partial charge in [-0.1, -0.05) is 0 Å². The van der Waals surface area contributed by atoms with Crippen LogP contribution in [0.15, 0.2) is 0 Å². The van der Waals surface area contributed by atoms with Crippen LogP contribution in [0.2, 0.25) is 9.38 Å². The summed E-state index contributed by atoms with van der Waals surface area (Å²) in [7, 11) is 0. The number of rotatable bonds is 7. The van der Waals surface area contributed by atoms with E-state index < -0.39 is 18.9 Å². The van der Waals surface area contributed by atoms with Crippen LogP contribution in [-0.2, 0) is 0 Å². The maximum absolute atomic E-state index is 2.77. The Balaban J connectivity index is 4.72. The van der Waals surface area contributed by atoms with E-state index in [1.807, 2.05) is 0 Å². The van der Waals surface area contributed by atoms with Crippen molar-refractivity contribution < 1.29 is 0 Å². The average molecular weight is 307 g/mol. The van der Waals surface area contributed by atoms with Crippen molar-refractivity contribution in [1.29, 1.82) is 0 Å². The summed E-state index contributed by atoms with van der Waals surface area (Å²) >= 11 is -2.11. The molecule has 0 aromatic carbocycles. The van der Waals surface area contributed by atoms with Gasteiger partial charge in [-0.25, -0.2) is 0 Å². The third-order valence-electron chi connectivity index (χ3n) is 3.56. The molecule has 0 aliphatic rings. The molecule has 0 aliphatic heterocycles. The fraction of sp³-hybridized carbons (Fsp3) is 1.00. The van der Waals surface area contributed by atoms with E-state index >= 15 is 0 Å². The van der Waals surface area contributed by atoms with E-state index in [2.05, 4.69) is 45.8 Å². The summed E-state index contributed by atoms with van der Waals surface area (Å²) in [6.45, 7) is 16.5. The normalized spacial score (nSPS) is 12.9. The molecule has 0 amide bonds. The van der Waals surface area contributed by atoms with Gasteiger partial charge in [0.25, 0.3) is 0 Å². The Morgan fingerprint density at radius 1 is 0.714 bits per heavy atom. The first-order valence-corrected chi connectivity index (χ1v) is 13.5. The Kier molecular flexibility index (Phi) is 7.43. The van der Waals surface area contributed by atoms with Gasteiger partial charge in [-0.2, -0.15) is 0 Å². The first-order chi connectivity index (χ1) is 6.60. The van der Waals surface area contributed by atoms with E-state index in [0.29, 0.717) is 0 Å². The second-order valence-electron chi connectivity index (χ2n) is 3.92. The molecule has 0 saturated heterocycles. The number of hydrogen-bond donors (Lipinski definition) is 0. The van der Waals surface area contributed by atoms with Gasteiger partial charge in [0, 0.05) is 0 Å². The van der Waals surface area contributed by atoms with Crippen LogP contribution in [0, 0.1) is 0 Å². The molecule has 0 fully saturated rings. The van der Waals surface area contributed by atoms with Gasteiger partial charge < -0.3 is 0 Å². The third-order valence-corrected chi connectivity index (χ3v) is 18.8. The van der Waals surface area contributed by atoms with Gasteiger partial charge in [0.2, 0.25) is 0 Å². The summed E-state index contributed by atoms with van der Waals surface area (Å²) < 4.78 is 6.93. The van der Waals surface area contributed by atoms with Crippen molar-refractivity contribution in [2.75, 3.05) is 26.2 Å². The topological polar surface area (TPSA) is 6.48 Å². The molecule has 0 spiro atoms. The number of nitrogens with zero attached hydrogens (tertiary/aromatic N) is 2. The molecule has 0 radical (unpaired) electrons. The van der Waals surface area contributed by atoms with Gasteiger partial charge in [-0.3, -0.25) is 0 Å². The molecule has 86 valence electrons. The molecule has 0 aromatic rings. The maximum atomic E-state index is 2.77. The molecule has 2 nitrogen and oxygen atoms in total. The molecule has 0 saturated carbocycles. The van der Waals surface area contributed by atoms with E-state index in [1.54, 1.807) is 0 Å². The van der Waals surface area contributed by atoms with Gasteiger partial charge >= 0.3 is 95.3 Å². The zero-order chi connectivity index (χ0) is 11.2. The summed E-state index contributed by atoms with van der Waals surface area (Å²) in [5.41, 5.74) is 0. The van der Waals surface area contributed by atoms with Gasteiger partial charge in [-0.15, -0.1) is 0 Å². The van der Waals surface area contributed by atoms with Crippen LogP contribution in [0.25, 0.3) is 0 Å². The minimum atomic E-state index is -2.11. The van der Waals surface area contributed by atoms with Crippen LogP contribution in [0.1, 0.15) is 34.6 Å². The van der Waals surface area contributed by atoms with Crippen LogP contribution in [0.4, 0.5) is 0 Å². The minimum absolute atomic E-state index is 1.23. The van der Waals surface area contributed by atoms with Crippen LogP contribution < -0.4 is 0 Å². The van der Waals surface area contributed by atoms with Gasteiger partial charge in [0.15, 0.2) is 0 Å². The summed E-state index contributed by atoms with van der Waals surface area (Å²) in [5.74, 6) is 0. The monoisotopic (exact) mass is 308 g/mol. The van der Waals surface area contributed by atoms with Crippen LogP contribution in [-0.4, -0.2) is 51.3 Å². The van der Waals surface area contributed by atoms with Crippen LogP contribution >= 0.6 is 0 Å². The zero-order valence-corrected chi connectivity index (χ0v) is 13.8. The predicted molar refractivity (Wildman–Crippen MR) is 67.9 cm³/mol. The van der Waals surface area contributed by atoms with Crippen molar-refractivity contribution >= 4 is 18.9 Å². The molecule has 0 rings (SSSR count). The Bertz CT molecular complexity index is 130. The van der Waals surface area contributed by atoms with E-state index in [-0.39, 0.29) is 0 Å². The Morgan fingerprint density at radius 2 is 1.00 bits per heavy atom. The van der Waals surface area contributed by atoms with E-state index in [0.717, 1.165) is 0 Å². The molecule has 0 unspecified atom stereocenters. The molecule has 0 atom stereocenters. The average Bonchev–Trinajstić information content (AvgIpc) is 2.21. The molecule has 3 heteroatoms. The summed E-state index contributed by atoms with van der Waals surface area (Å²) in [4.78, 5) is 2.58. The molecule has 0 aromatic heterocycles. The first kappa shape index (κ1) is 14.7. The molecule has 0 bridgehead atoms. The second kappa shape index (κ2) is 7.07. The second-order valence-corrected chi connectivity index (χ2v) is 16.5.